The maximum Gasteiger partial charge on any atom is 0.227 e. The molecule has 2 aromatic rings. The van der Waals surface area contributed by atoms with E-state index < -0.39 is 5.41 Å². The average molecular weight is 354 g/mol. The number of pyridine rings is 1. The molecule has 138 valence electrons. The Morgan fingerprint density at radius 2 is 1.92 bits per heavy atom. The molecule has 0 spiro atoms. The summed E-state index contributed by atoms with van der Waals surface area (Å²) < 4.78 is 5.52. The van der Waals surface area contributed by atoms with Crippen LogP contribution in [0.15, 0.2) is 48.8 Å². The molecular weight excluding hydrogens is 328 g/mol. The van der Waals surface area contributed by atoms with Crippen molar-refractivity contribution in [3.8, 4) is 11.1 Å². The molecule has 0 aliphatic carbocycles. The molecule has 0 radical (unpaired) electrons. The summed E-state index contributed by atoms with van der Waals surface area (Å²) >= 11 is 0. The fraction of sp³-hybridized carbons (Fsp3) is 0.429. The zero-order chi connectivity index (χ0) is 18.4. The number of nitrogens with zero attached hydrogens (tertiary/aromatic N) is 1. The monoisotopic (exact) mass is 354 g/mol. The van der Waals surface area contributed by atoms with Crippen LogP contribution >= 0.6 is 0 Å². The molecule has 0 unspecified atom stereocenters. The number of aliphatic hydroxyl groups is 1. The number of carbonyl (C=O) groups is 1. The van der Waals surface area contributed by atoms with Gasteiger partial charge >= 0.3 is 0 Å². The first-order chi connectivity index (χ1) is 12.6. The summed E-state index contributed by atoms with van der Waals surface area (Å²) in [5, 5.41) is 12.3. The van der Waals surface area contributed by atoms with Crippen LogP contribution in [0.1, 0.15) is 25.3 Å². The number of carbonyl (C=O) groups excluding carboxylic acids is 1. The van der Waals surface area contributed by atoms with Gasteiger partial charge < -0.3 is 15.2 Å². The molecule has 0 saturated carbocycles. The van der Waals surface area contributed by atoms with E-state index in [1.807, 2.05) is 31.2 Å². The third-order valence-corrected chi connectivity index (χ3v) is 5.12. The molecule has 1 aliphatic heterocycles. The zero-order valence-electron chi connectivity index (χ0n) is 15.1. The molecule has 1 saturated heterocycles. The second-order valence-corrected chi connectivity index (χ2v) is 7.02. The van der Waals surface area contributed by atoms with Crippen molar-refractivity contribution in [3.63, 3.8) is 0 Å². The van der Waals surface area contributed by atoms with Crippen molar-refractivity contribution in [2.24, 2.45) is 5.41 Å². The van der Waals surface area contributed by atoms with Crippen molar-refractivity contribution < 1.29 is 14.6 Å². The minimum atomic E-state index is -0.509. The lowest BCUT2D eigenvalue weighted by Gasteiger charge is -2.37. The van der Waals surface area contributed by atoms with Crippen molar-refractivity contribution in [2.75, 3.05) is 19.8 Å². The lowest BCUT2D eigenvalue weighted by molar-refractivity contribution is -0.137. The molecule has 2 N–H and O–H groups in total. The van der Waals surface area contributed by atoms with Gasteiger partial charge in [0.1, 0.15) is 0 Å². The third kappa shape index (κ3) is 4.11. The van der Waals surface area contributed by atoms with E-state index in [0.717, 1.165) is 16.7 Å². The smallest absolute Gasteiger partial charge is 0.227 e. The molecule has 5 nitrogen and oxygen atoms in total. The van der Waals surface area contributed by atoms with Crippen LogP contribution in [0.4, 0.5) is 0 Å². The van der Waals surface area contributed by atoms with Crippen LogP contribution < -0.4 is 5.32 Å². The molecule has 1 aromatic heterocycles. The SMILES string of the molecule is C[C@@H](CO)NC(=O)C1(Cc2ccccc2-c2ccncc2)CCOCC1. The van der Waals surface area contributed by atoms with Crippen LogP contribution in [0, 0.1) is 5.41 Å². The number of nitrogens with one attached hydrogen (secondary N) is 1. The fourth-order valence-electron chi connectivity index (χ4n) is 3.52. The standard InChI is InChI=1S/C21H26N2O3/c1-16(15-24)23-20(25)21(8-12-26-13-9-21)14-18-4-2-3-5-19(18)17-6-10-22-11-7-17/h2-7,10-11,16,24H,8-9,12-15H2,1H3,(H,23,25)/t16-/m0/s1. The number of amides is 1. The number of aromatic nitrogens is 1. The molecule has 1 aliphatic rings. The number of aliphatic hydroxyl groups excluding tert-OH is 1. The van der Waals surface area contributed by atoms with E-state index in [4.69, 9.17) is 4.74 Å². The Kier molecular flexibility index (Phi) is 6.01. The van der Waals surface area contributed by atoms with Crippen LogP contribution in [0.3, 0.4) is 0 Å². The van der Waals surface area contributed by atoms with E-state index in [9.17, 15) is 9.90 Å². The Hall–Kier alpha value is -2.24. The van der Waals surface area contributed by atoms with Crippen LogP contribution in [0.5, 0.6) is 0 Å². The van der Waals surface area contributed by atoms with Gasteiger partial charge in [-0.1, -0.05) is 24.3 Å². The summed E-state index contributed by atoms with van der Waals surface area (Å²) in [4.78, 5) is 17.1. The predicted molar refractivity (Wildman–Crippen MR) is 101 cm³/mol. The van der Waals surface area contributed by atoms with E-state index in [0.29, 0.717) is 32.5 Å². The highest BCUT2D eigenvalue weighted by Gasteiger charge is 2.40. The van der Waals surface area contributed by atoms with Crippen molar-refractivity contribution >= 4 is 5.91 Å². The lowest BCUT2D eigenvalue weighted by Crippen LogP contribution is -2.49. The first kappa shape index (κ1) is 18.5. The normalized spacial score (nSPS) is 17.5. The molecule has 2 heterocycles. The highest BCUT2D eigenvalue weighted by molar-refractivity contribution is 5.84. The van der Waals surface area contributed by atoms with Crippen molar-refractivity contribution in [2.45, 2.75) is 32.2 Å². The highest BCUT2D eigenvalue weighted by Crippen LogP contribution is 2.37. The molecule has 26 heavy (non-hydrogen) atoms. The first-order valence-electron chi connectivity index (χ1n) is 9.12. The lowest BCUT2D eigenvalue weighted by atomic mass is 9.73. The maximum atomic E-state index is 13.1. The van der Waals surface area contributed by atoms with Crippen LogP contribution in [0.25, 0.3) is 11.1 Å². The van der Waals surface area contributed by atoms with E-state index in [2.05, 4.69) is 22.4 Å². The van der Waals surface area contributed by atoms with Crippen molar-refractivity contribution in [1.82, 2.24) is 10.3 Å². The molecule has 3 rings (SSSR count). The van der Waals surface area contributed by atoms with Gasteiger partial charge in [0.05, 0.1) is 12.0 Å². The summed E-state index contributed by atoms with van der Waals surface area (Å²) in [5.74, 6) is 0.00637. The second-order valence-electron chi connectivity index (χ2n) is 7.02. The molecule has 1 aromatic carbocycles. The van der Waals surface area contributed by atoms with Crippen LogP contribution in [-0.2, 0) is 16.0 Å². The maximum absolute atomic E-state index is 13.1. The summed E-state index contributed by atoms with van der Waals surface area (Å²) in [7, 11) is 0. The molecule has 1 amide bonds. The molecule has 0 bridgehead atoms. The molecule has 1 fully saturated rings. The van der Waals surface area contributed by atoms with Gasteiger partial charge in [0.15, 0.2) is 0 Å². The Balaban J connectivity index is 1.92. The number of hydrogen-bond acceptors (Lipinski definition) is 4. The Bertz CT molecular complexity index is 727. The minimum Gasteiger partial charge on any atom is -0.394 e. The first-order valence-corrected chi connectivity index (χ1v) is 9.12. The number of ether oxygens (including phenoxy) is 1. The number of rotatable bonds is 6. The van der Waals surface area contributed by atoms with E-state index in [1.165, 1.54) is 0 Å². The number of benzene rings is 1. The van der Waals surface area contributed by atoms with Gasteiger partial charge in [-0.15, -0.1) is 0 Å². The van der Waals surface area contributed by atoms with Gasteiger partial charge in [0, 0.05) is 31.6 Å². The summed E-state index contributed by atoms with van der Waals surface area (Å²) in [6.07, 6.45) is 5.58. The Labute approximate surface area is 154 Å². The largest absolute Gasteiger partial charge is 0.394 e. The van der Waals surface area contributed by atoms with Gasteiger partial charge in [0.2, 0.25) is 5.91 Å². The Morgan fingerprint density at radius 3 is 2.62 bits per heavy atom. The van der Waals surface area contributed by atoms with Gasteiger partial charge in [-0.2, -0.15) is 0 Å². The summed E-state index contributed by atoms with van der Waals surface area (Å²) in [6.45, 7) is 2.92. The van der Waals surface area contributed by atoms with Gasteiger partial charge in [-0.25, -0.2) is 0 Å². The van der Waals surface area contributed by atoms with Gasteiger partial charge in [-0.05, 0) is 55.0 Å². The Morgan fingerprint density at radius 1 is 1.23 bits per heavy atom. The van der Waals surface area contributed by atoms with Gasteiger partial charge in [-0.3, -0.25) is 9.78 Å². The average Bonchev–Trinajstić information content (AvgIpc) is 2.69. The zero-order valence-corrected chi connectivity index (χ0v) is 15.1. The predicted octanol–water partition coefficient (Wildman–Crippen LogP) is 2.58. The van der Waals surface area contributed by atoms with Crippen LogP contribution in [0.2, 0.25) is 0 Å². The summed E-state index contributed by atoms with van der Waals surface area (Å²) in [5.41, 5.74) is 2.86. The highest BCUT2D eigenvalue weighted by atomic mass is 16.5. The third-order valence-electron chi connectivity index (χ3n) is 5.12. The second kappa shape index (κ2) is 8.43. The number of hydrogen-bond donors (Lipinski definition) is 2. The molecule has 1 atom stereocenters. The molecule has 5 heteroatoms. The van der Waals surface area contributed by atoms with Crippen LogP contribution in [-0.4, -0.2) is 41.9 Å². The van der Waals surface area contributed by atoms with Crippen molar-refractivity contribution in [3.05, 3.63) is 54.4 Å². The van der Waals surface area contributed by atoms with Gasteiger partial charge in [0.25, 0.3) is 0 Å². The van der Waals surface area contributed by atoms with E-state index >= 15 is 0 Å². The minimum absolute atomic E-state index is 0.00637. The fourth-order valence-corrected chi connectivity index (χ4v) is 3.52. The summed E-state index contributed by atoms with van der Waals surface area (Å²) in [6, 6.07) is 11.9. The van der Waals surface area contributed by atoms with E-state index in [-0.39, 0.29) is 18.6 Å². The quantitative estimate of drug-likeness (QED) is 0.836. The molecular formula is C21H26N2O3. The van der Waals surface area contributed by atoms with E-state index in [1.54, 1.807) is 12.4 Å². The van der Waals surface area contributed by atoms with Crippen molar-refractivity contribution in [1.29, 1.82) is 0 Å². The topological polar surface area (TPSA) is 71.5 Å².